The number of halogens is 1. The molecule has 1 aromatic carbocycles. The standard InChI is InChI=1S/C15H10ClN3OS/c16-11-6-2-1-4-9(11)12-8-21-15(19-12)10-5-3-7-18-13(10)14(17)20/h1-8H,(H2,17,20). The van der Waals surface area contributed by atoms with Crippen LogP contribution >= 0.6 is 22.9 Å². The van der Waals surface area contributed by atoms with Gasteiger partial charge >= 0.3 is 0 Å². The third-order valence-electron chi connectivity index (χ3n) is 2.93. The highest BCUT2D eigenvalue weighted by Gasteiger charge is 2.15. The minimum atomic E-state index is -0.569. The van der Waals surface area contributed by atoms with Crippen molar-refractivity contribution in [2.45, 2.75) is 0 Å². The zero-order valence-electron chi connectivity index (χ0n) is 10.8. The number of nitrogens with two attached hydrogens (primary N) is 1. The molecule has 0 spiro atoms. The van der Waals surface area contributed by atoms with E-state index in [1.54, 1.807) is 12.1 Å². The Labute approximate surface area is 130 Å². The van der Waals surface area contributed by atoms with Gasteiger partial charge in [-0.1, -0.05) is 29.8 Å². The molecule has 1 amide bonds. The smallest absolute Gasteiger partial charge is 0.268 e. The maximum absolute atomic E-state index is 11.4. The minimum Gasteiger partial charge on any atom is -0.364 e. The summed E-state index contributed by atoms with van der Waals surface area (Å²) >= 11 is 7.59. The molecular formula is C15H10ClN3OS. The van der Waals surface area contributed by atoms with E-state index in [0.29, 0.717) is 15.6 Å². The molecule has 0 fully saturated rings. The van der Waals surface area contributed by atoms with Crippen LogP contribution in [0, 0.1) is 0 Å². The number of hydrogen-bond donors (Lipinski definition) is 1. The van der Waals surface area contributed by atoms with Crippen LogP contribution < -0.4 is 5.73 Å². The lowest BCUT2D eigenvalue weighted by molar-refractivity contribution is 0.0996. The molecule has 4 nitrogen and oxygen atoms in total. The monoisotopic (exact) mass is 315 g/mol. The van der Waals surface area contributed by atoms with Gasteiger partial charge in [0.1, 0.15) is 10.7 Å². The Morgan fingerprint density at radius 3 is 2.67 bits per heavy atom. The van der Waals surface area contributed by atoms with E-state index in [2.05, 4.69) is 9.97 Å². The van der Waals surface area contributed by atoms with Crippen LogP contribution in [0.15, 0.2) is 48.0 Å². The molecule has 104 valence electrons. The van der Waals surface area contributed by atoms with Crippen LogP contribution in [-0.2, 0) is 0 Å². The van der Waals surface area contributed by atoms with Crippen molar-refractivity contribution in [2.24, 2.45) is 5.73 Å². The van der Waals surface area contributed by atoms with Crippen molar-refractivity contribution >= 4 is 28.8 Å². The van der Waals surface area contributed by atoms with Crippen LogP contribution in [0.25, 0.3) is 21.8 Å². The first kappa shape index (κ1) is 13.7. The zero-order valence-corrected chi connectivity index (χ0v) is 12.4. The average Bonchev–Trinajstić information content (AvgIpc) is 2.97. The van der Waals surface area contributed by atoms with Gasteiger partial charge in [-0.15, -0.1) is 11.3 Å². The SMILES string of the molecule is NC(=O)c1ncccc1-c1nc(-c2ccccc2Cl)cs1. The van der Waals surface area contributed by atoms with Gasteiger partial charge in [0.2, 0.25) is 0 Å². The van der Waals surface area contributed by atoms with Crippen LogP contribution in [-0.4, -0.2) is 15.9 Å². The number of carbonyl (C=O) groups excluding carboxylic acids is 1. The van der Waals surface area contributed by atoms with E-state index in [1.165, 1.54) is 17.5 Å². The van der Waals surface area contributed by atoms with E-state index in [0.717, 1.165) is 11.3 Å². The summed E-state index contributed by atoms with van der Waals surface area (Å²) in [5, 5.41) is 3.22. The van der Waals surface area contributed by atoms with Crippen LogP contribution in [0.4, 0.5) is 0 Å². The van der Waals surface area contributed by atoms with E-state index >= 15 is 0 Å². The molecular weight excluding hydrogens is 306 g/mol. The molecule has 0 saturated heterocycles. The van der Waals surface area contributed by atoms with Crippen molar-refractivity contribution in [3.05, 3.63) is 58.7 Å². The van der Waals surface area contributed by atoms with Gasteiger partial charge in [0.25, 0.3) is 5.91 Å². The summed E-state index contributed by atoms with van der Waals surface area (Å²) in [4.78, 5) is 20.0. The van der Waals surface area contributed by atoms with Gasteiger partial charge in [-0.25, -0.2) is 4.98 Å². The van der Waals surface area contributed by atoms with Gasteiger partial charge in [-0.3, -0.25) is 9.78 Å². The second kappa shape index (κ2) is 5.63. The summed E-state index contributed by atoms with van der Waals surface area (Å²) < 4.78 is 0. The van der Waals surface area contributed by atoms with E-state index in [-0.39, 0.29) is 5.69 Å². The minimum absolute atomic E-state index is 0.220. The van der Waals surface area contributed by atoms with E-state index in [9.17, 15) is 4.79 Å². The highest BCUT2D eigenvalue weighted by atomic mass is 35.5. The second-order valence-electron chi connectivity index (χ2n) is 4.28. The highest BCUT2D eigenvalue weighted by Crippen LogP contribution is 2.33. The highest BCUT2D eigenvalue weighted by molar-refractivity contribution is 7.13. The largest absolute Gasteiger partial charge is 0.364 e. The first-order valence-corrected chi connectivity index (χ1v) is 7.38. The number of rotatable bonds is 3. The number of amides is 1. The zero-order chi connectivity index (χ0) is 14.8. The lowest BCUT2D eigenvalue weighted by Gasteiger charge is -2.02. The number of thiazole rings is 1. The third-order valence-corrected chi connectivity index (χ3v) is 4.13. The molecule has 2 N–H and O–H groups in total. The first-order valence-electron chi connectivity index (χ1n) is 6.12. The number of benzene rings is 1. The van der Waals surface area contributed by atoms with E-state index < -0.39 is 5.91 Å². The van der Waals surface area contributed by atoms with Gasteiger partial charge in [-0.05, 0) is 18.2 Å². The maximum atomic E-state index is 11.4. The van der Waals surface area contributed by atoms with Crippen LogP contribution in [0.3, 0.4) is 0 Å². The van der Waals surface area contributed by atoms with Gasteiger partial charge in [0, 0.05) is 27.7 Å². The summed E-state index contributed by atoms with van der Waals surface area (Å²) in [6, 6.07) is 11.0. The molecule has 0 atom stereocenters. The molecule has 6 heteroatoms. The van der Waals surface area contributed by atoms with Crippen LogP contribution in [0.5, 0.6) is 0 Å². The molecule has 3 rings (SSSR count). The quantitative estimate of drug-likeness (QED) is 0.802. The number of carbonyl (C=O) groups is 1. The molecule has 2 heterocycles. The van der Waals surface area contributed by atoms with E-state index in [1.807, 2.05) is 29.6 Å². The van der Waals surface area contributed by atoms with Crippen LogP contribution in [0.1, 0.15) is 10.5 Å². The van der Waals surface area contributed by atoms with Crippen molar-refractivity contribution < 1.29 is 4.79 Å². The molecule has 0 aliphatic carbocycles. The third kappa shape index (κ3) is 2.66. The van der Waals surface area contributed by atoms with Crippen molar-refractivity contribution in [2.75, 3.05) is 0 Å². The molecule has 3 aromatic rings. The Balaban J connectivity index is 2.08. The predicted molar refractivity (Wildman–Crippen MR) is 84.3 cm³/mol. The van der Waals surface area contributed by atoms with Crippen molar-refractivity contribution in [3.8, 4) is 21.8 Å². The predicted octanol–water partition coefficient (Wildman–Crippen LogP) is 3.62. The number of hydrogen-bond acceptors (Lipinski definition) is 4. The average molecular weight is 316 g/mol. The van der Waals surface area contributed by atoms with Gasteiger partial charge < -0.3 is 5.73 Å². The molecule has 0 unspecified atom stereocenters. The number of aromatic nitrogens is 2. The molecule has 0 aliphatic heterocycles. The fraction of sp³-hybridized carbons (Fsp3) is 0. The molecule has 21 heavy (non-hydrogen) atoms. The Kier molecular flexibility index (Phi) is 3.68. The summed E-state index contributed by atoms with van der Waals surface area (Å²) in [5.41, 5.74) is 7.82. The summed E-state index contributed by atoms with van der Waals surface area (Å²) in [7, 11) is 0. The Hall–Kier alpha value is -2.24. The number of primary amides is 1. The lowest BCUT2D eigenvalue weighted by atomic mass is 10.1. The summed E-state index contributed by atoms with van der Waals surface area (Å²) in [5.74, 6) is -0.569. The molecule has 2 aromatic heterocycles. The lowest BCUT2D eigenvalue weighted by Crippen LogP contribution is -2.14. The fourth-order valence-corrected chi connectivity index (χ4v) is 3.04. The molecule has 0 aliphatic rings. The van der Waals surface area contributed by atoms with Crippen molar-refractivity contribution in [1.82, 2.24) is 9.97 Å². The Morgan fingerprint density at radius 1 is 1.14 bits per heavy atom. The summed E-state index contributed by atoms with van der Waals surface area (Å²) in [6.45, 7) is 0. The Morgan fingerprint density at radius 2 is 1.90 bits per heavy atom. The molecule has 0 saturated carbocycles. The van der Waals surface area contributed by atoms with Crippen molar-refractivity contribution in [1.29, 1.82) is 0 Å². The first-order chi connectivity index (χ1) is 10.2. The molecule has 0 radical (unpaired) electrons. The maximum Gasteiger partial charge on any atom is 0.268 e. The Bertz CT molecular complexity index is 816. The number of pyridine rings is 1. The normalized spacial score (nSPS) is 10.5. The second-order valence-corrected chi connectivity index (χ2v) is 5.55. The van der Waals surface area contributed by atoms with Gasteiger partial charge in [0.05, 0.1) is 5.69 Å². The van der Waals surface area contributed by atoms with Gasteiger partial charge in [-0.2, -0.15) is 0 Å². The number of nitrogens with zero attached hydrogens (tertiary/aromatic N) is 2. The van der Waals surface area contributed by atoms with E-state index in [4.69, 9.17) is 17.3 Å². The fourth-order valence-electron chi connectivity index (χ4n) is 1.96. The van der Waals surface area contributed by atoms with Crippen LogP contribution in [0.2, 0.25) is 5.02 Å². The summed E-state index contributed by atoms with van der Waals surface area (Å²) in [6.07, 6.45) is 1.53. The molecule has 0 bridgehead atoms. The van der Waals surface area contributed by atoms with Gasteiger partial charge in [0.15, 0.2) is 0 Å². The van der Waals surface area contributed by atoms with Crippen molar-refractivity contribution in [3.63, 3.8) is 0 Å². The topological polar surface area (TPSA) is 68.9 Å².